The molecule has 0 spiro atoms. The number of oxazole rings is 1. The van der Waals surface area contributed by atoms with Gasteiger partial charge in [-0.1, -0.05) is 54.6 Å². The van der Waals surface area contributed by atoms with Gasteiger partial charge in [0.05, 0.1) is 18.2 Å². The van der Waals surface area contributed by atoms with E-state index in [1.807, 2.05) is 24.3 Å². The quantitative estimate of drug-likeness (QED) is 0.0901. The second-order valence-electron chi connectivity index (χ2n) is 14.1. The molecule has 8 nitrogen and oxygen atoms in total. The van der Waals surface area contributed by atoms with Gasteiger partial charge in [0, 0.05) is 44.8 Å². The molecule has 51 heavy (non-hydrogen) atoms. The van der Waals surface area contributed by atoms with Gasteiger partial charge in [-0.3, -0.25) is 14.6 Å². The number of carbonyl (C=O) groups is 1. The third kappa shape index (κ3) is 7.24. The summed E-state index contributed by atoms with van der Waals surface area (Å²) in [6, 6.07) is 21.1. The number of hydrogen-bond acceptors (Lipinski definition) is 7. The first kappa shape index (κ1) is 34.4. The van der Waals surface area contributed by atoms with Crippen molar-refractivity contribution < 1.29 is 19.1 Å². The molecular weight excluding hydrogens is 636 g/mol. The maximum absolute atomic E-state index is 10.8. The molecule has 2 aliphatic heterocycles. The molecule has 4 aromatic carbocycles. The van der Waals surface area contributed by atoms with Crippen molar-refractivity contribution in [2.45, 2.75) is 65.8 Å². The highest BCUT2D eigenvalue weighted by Gasteiger charge is 2.25. The standard InChI is InChI=1S/C43H44N4O4/c1-27-19-34(23-47-16-14-35(49)24-47)28(2)18-33(27)13-12-32-8-6-9-37(29(32)3)38-10-7-11-39(30(38)4)43-45-41-21-31(20-40(44-5)42(41)51-43)22-46-17-15-36(25-46)50-26-48/h6-13,18-21,26,35-36,49H,14-17,22-25H2,1-4H3/b13-12+/t35-,36-/m1/s1. The maximum atomic E-state index is 10.8. The predicted octanol–water partition coefficient (Wildman–Crippen LogP) is 8.43. The average Bonchev–Trinajstić information content (AvgIpc) is 3.86. The molecule has 2 fully saturated rings. The molecule has 0 radical (unpaired) electrons. The number of aliphatic hydroxyl groups is 1. The van der Waals surface area contributed by atoms with Crippen molar-refractivity contribution in [3.8, 4) is 22.6 Å². The lowest BCUT2D eigenvalue weighted by atomic mass is 9.91. The Morgan fingerprint density at radius 1 is 0.882 bits per heavy atom. The van der Waals surface area contributed by atoms with Gasteiger partial charge >= 0.3 is 0 Å². The van der Waals surface area contributed by atoms with Gasteiger partial charge in [-0.05, 0) is 114 Å². The number of rotatable bonds is 10. The van der Waals surface area contributed by atoms with Gasteiger partial charge in [-0.2, -0.15) is 0 Å². The van der Waals surface area contributed by atoms with Crippen LogP contribution in [-0.4, -0.2) is 64.7 Å². The van der Waals surface area contributed by atoms with Crippen molar-refractivity contribution in [2.75, 3.05) is 26.2 Å². The van der Waals surface area contributed by atoms with Crippen molar-refractivity contribution in [3.05, 3.63) is 117 Å². The summed E-state index contributed by atoms with van der Waals surface area (Å²) < 4.78 is 11.5. The van der Waals surface area contributed by atoms with E-state index in [9.17, 15) is 9.90 Å². The number of aromatic nitrogens is 1. The van der Waals surface area contributed by atoms with E-state index in [-0.39, 0.29) is 12.2 Å². The second kappa shape index (κ2) is 14.7. The number of likely N-dealkylation sites (tertiary alicyclic amines) is 2. The molecule has 0 amide bonds. The number of nitrogens with zero attached hydrogens (tertiary/aromatic N) is 4. The lowest BCUT2D eigenvalue weighted by Gasteiger charge is -2.18. The van der Waals surface area contributed by atoms with Crippen molar-refractivity contribution in [1.29, 1.82) is 0 Å². The van der Waals surface area contributed by atoms with Crippen LogP contribution in [0.3, 0.4) is 0 Å². The first-order chi connectivity index (χ1) is 24.7. The Hall–Kier alpha value is -5.07. The van der Waals surface area contributed by atoms with Gasteiger partial charge in [0.15, 0.2) is 5.58 Å². The number of ether oxygens (including phenoxy) is 1. The van der Waals surface area contributed by atoms with Crippen LogP contribution in [-0.2, 0) is 22.6 Å². The summed E-state index contributed by atoms with van der Waals surface area (Å²) in [7, 11) is 0. The summed E-state index contributed by atoms with van der Waals surface area (Å²) >= 11 is 0. The number of aliphatic hydroxyl groups excluding tert-OH is 1. The van der Waals surface area contributed by atoms with Crippen LogP contribution in [0.2, 0.25) is 0 Å². The van der Waals surface area contributed by atoms with Gasteiger partial charge in [-0.15, -0.1) is 0 Å². The van der Waals surface area contributed by atoms with Crippen molar-refractivity contribution in [1.82, 2.24) is 14.8 Å². The van der Waals surface area contributed by atoms with Crippen LogP contribution in [0.4, 0.5) is 5.69 Å². The third-order valence-corrected chi connectivity index (χ3v) is 10.6. The van der Waals surface area contributed by atoms with Crippen LogP contribution in [0.25, 0.3) is 50.7 Å². The van der Waals surface area contributed by atoms with Gasteiger partial charge < -0.3 is 14.3 Å². The van der Waals surface area contributed by atoms with Crippen molar-refractivity contribution in [3.63, 3.8) is 0 Å². The molecule has 260 valence electrons. The molecule has 0 saturated carbocycles. The number of benzene rings is 4. The SMILES string of the molecule is [C-]#[N+]c1cc(CN2CC[C@@H](OC=O)C2)cc2nc(-c3cccc(-c4cccc(/C=C/c5cc(C)c(CN6CC[C@@H](O)C6)cc5C)c4C)c3C)oc12. The summed E-state index contributed by atoms with van der Waals surface area (Å²) in [6.45, 7) is 21.7. The lowest BCUT2D eigenvalue weighted by molar-refractivity contribution is -0.132. The molecule has 2 atom stereocenters. The molecule has 7 rings (SSSR count). The van der Waals surface area contributed by atoms with E-state index < -0.39 is 0 Å². The Labute approximate surface area is 299 Å². The van der Waals surface area contributed by atoms with Crippen molar-refractivity contribution in [2.24, 2.45) is 0 Å². The Balaban J connectivity index is 1.14. The molecular formula is C43H44N4O4. The minimum atomic E-state index is -0.208. The fourth-order valence-electron chi connectivity index (χ4n) is 7.66. The molecule has 3 heterocycles. The van der Waals surface area contributed by atoms with E-state index in [2.05, 4.69) is 90.9 Å². The molecule has 1 aromatic heterocycles. The first-order valence-electron chi connectivity index (χ1n) is 17.7. The molecule has 2 aliphatic rings. The summed E-state index contributed by atoms with van der Waals surface area (Å²) in [6.07, 6.45) is 5.78. The lowest BCUT2D eigenvalue weighted by Crippen LogP contribution is -2.22. The average molecular weight is 681 g/mol. The van der Waals surface area contributed by atoms with Gasteiger partial charge in [0.25, 0.3) is 6.47 Å². The van der Waals surface area contributed by atoms with Gasteiger partial charge in [-0.25, -0.2) is 9.83 Å². The highest BCUT2D eigenvalue weighted by atomic mass is 16.5. The highest BCUT2D eigenvalue weighted by molar-refractivity contribution is 5.90. The van der Waals surface area contributed by atoms with E-state index in [1.165, 1.54) is 27.8 Å². The Morgan fingerprint density at radius 3 is 2.37 bits per heavy atom. The van der Waals surface area contributed by atoms with Crippen LogP contribution in [0.15, 0.2) is 65.1 Å². The number of β-amino-alcohol motifs (C(OH)–C–C–N with tert-alkyl or cyclic N) is 1. The van der Waals surface area contributed by atoms with E-state index in [0.29, 0.717) is 42.2 Å². The fraction of sp³-hybridized carbons (Fsp3) is 0.326. The van der Waals surface area contributed by atoms with Crippen LogP contribution in [0.5, 0.6) is 0 Å². The third-order valence-electron chi connectivity index (χ3n) is 10.6. The summed E-state index contributed by atoms with van der Waals surface area (Å²) in [5.41, 5.74) is 14.2. The van der Waals surface area contributed by atoms with Crippen molar-refractivity contribution >= 4 is 35.4 Å². The number of fused-ring (bicyclic) bond motifs is 1. The Kier molecular flexibility index (Phi) is 9.88. The number of hydrogen-bond donors (Lipinski definition) is 1. The molecule has 2 saturated heterocycles. The van der Waals surface area contributed by atoms with Gasteiger partial charge in [0.2, 0.25) is 11.6 Å². The smallest absolute Gasteiger partial charge is 0.293 e. The predicted molar refractivity (Wildman–Crippen MR) is 202 cm³/mol. The summed E-state index contributed by atoms with van der Waals surface area (Å²) in [5.74, 6) is 0.496. The minimum Gasteiger partial charge on any atom is -0.463 e. The molecule has 8 heteroatoms. The first-order valence-corrected chi connectivity index (χ1v) is 17.7. The summed E-state index contributed by atoms with van der Waals surface area (Å²) in [5, 5.41) is 9.95. The van der Waals surface area contributed by atoms with E-state index in [0.717, 1.165) is 72.4 Å². The fourth-order valence-corrected chi connectivity index (χ4v) is 7.66. The van der Waals surface area contributed by atoms with E-state index in [4.69, 9.17) is 20.7 Å². The second-order valence-corrected chi connectivity index (χ2v) is 14.1. The zero-order valence-electron chi connectivity index (χ0n) is 29.8. The zero-order chi connectivity index (χ0) is 35.6. The number of carbonyl (C=O) groups excluding carboxylic acids is 1. The molecule has 5 aromatic rings. The highest BCUT2D eigenvalue weighted by Crippen LogP contribution is 2.38. The Morgan fingerprint density at radius 2 is 1.61 bits per heavy atom. The molecule has 1 N–H and O–H groups in total. The number of aryl methyl sites for hydroxylation is 2. The van der Waals surface area contributed by atoms with E-state index >= 15 is 0 Å². The topological polar surface area (TPSA) is 83.4 Å². The van der Waals surface area contributed by atoms with Crippen LogP contribution in [0, 0.1) is 34.3 Å². The van der Waals surface area contributed by atoms with Gasteiger partial charge in [0.1, 0.15) is 6.10 Å². The van der Waals surface area contributed by atoms with Crippen LogP contribution >= 0.6 is 0 Å². The van der Waals surface area contributed by atoms with Crippen LogP contribution in [0.1, 0.15) is 57.3 Å². The maximum Gasteiger partial charge on any atom is 0.293 e. The Bertz CT molecular complexity index is 2180. The molecule has 0 bridgehead atoms. The monoisotopic (exact) mass is 680 g/mol. The minimum absolute atomic E-state index is 0.0890. The van der Waals surface area contributed by atoms with E-state index in [1.54, 1.807) is 0 Å². The molecule has 0 unspecified atom stereocenters. The summed E-state index contributed by atoms with van der Waals surface area (Å²) in [4.78, 5) is 24.0. The molecule has 0 aliphatic carbocycles. The largest absolute Gasteiger partial charge is 0.463 e. The zero-order valence-corrected chi connectivity index (χ0v) is 29.8. The normalized spacial score (nSPS) is 18.2. The van der Waals surface area contributed by atoms with Crippen LogP contribution < -0.4 is 0 Å².